The van der Waals surface area contributed by atoms with Crippen molar-refractivity contribution in [3.63, 3.8) is 0 Å². The van der Waals surface area contributed by atoms with Gasteiger partial charge >= 0.3 is 0 Å². The van der Waals surface area contributed by atoms with Crippen LogP contribution in [0.2, 0.25) is 0 Å². The summed E-state index contributed by atoms with van der Waals surface area (Å²) in [6.45, 7) is 11.1. The van der Waals surface area contributed by atoms with E-state index in [9.17, 15) is 4.79 Å². The summed E-state index contributed by atoms with van der Waals surface area (Å²) in [7, 11) is 3.27. The number of hydrogen-bond donors (Lipinski definition) is 1. The van der Waals surface area contributed by atoms with Crippen molar-refractivity contribution in [2.24, 2.45) is 5.92 Å². The fraction of sp³-hybridized carbons (Fsp3) is 0.370. The van der Waals surface area contributed by atoms with Crippen LogP contribution in [0.1, 0.15) is 38.8 Å². The van der Waals surface area contributed by atoms with Crippen molar-refractivity contribution < 1.29 is 23.4 Å². The number of hydrogen-bond acceptors (Lipinski definition) is 5. The van der Waals surface area contributed by atoms with Gasteiger partial charge in [-0.1, -0.05) is 13.8 Å². The fourth-order valence-electron chi connectivity index (χ4n) is 3.80. The van der Waals surface area contributed by atoms with Crippen molar-refractivity contribution in [2.75, 3.05) is 27.4 Å². The molecule has 0 unspecified atom stereocenters. The summed E-state index contributed by atoms with van der Waals surface area (Å²) in [5.74, 6) is 2.41. The zero-order valence-corrected chi connectivity index (χ0v) is 20.5. The summed E-state index contributed by atoms with van der Waals surface area (Å²) in [4.78, 5) is 12.5. The van der Waals surface area contributed by atoms with E-state index >= 15 is 0 Å². The van der Waals surface area contributed by atoms with Gasteiger partial charge in [-0.2, -0.15) is 0 Å². The minimum atomic E-state index is -0.122. The first-order valence-electron chi connectivity index (χ1n) is 11.2. The van der Waals surface area contributed by atoms with Crippen LogP contribution in [0.25, 0.3) is 27.7 Å². The molecule has 1 amide bonds. The molecule has 0 saturated heterocycles. The second kappa shape index (κ2) is 10.5. The lowest BCUT2D eigenvalue weighted by Crippen LogP contribution is -2.25. The maximum atomic E-state index is 12.5. The van der Waals surface area contributed by atoms with E-state index in [1.165, 1.54) is 0 Å². The average Bonchev–Trinajstić information content (AvgIpc) is 3.23. The molecule has 0 bridgehead atoms. The molecule has 0 aliphatic rings. The Morgan fingerprint density at radius 3 is 2.55 bits per heavy atom. The number of ether oxygens (including phenoxy) is 3. The lowest BCUT2D eigenvalue weighted by molar-refractivity contribution is -0.116. The largest absolute Gasteiger partial charge is 0.497 e. The Labute approximate surface area is 195 Å². The van der Waals surface area contributed by atoms with Crippen molar-refractivity contribution in [3.05, 3.63) is 47.7 Å². The minimum absolute atomic E-state index is 0.122. The highest BCUT2D eigenvalue weighted by Gasteiger charge is 2.21. The van der Waals surface area contributed by atoms with Gasteiger partial charge in [0.2, 0.25) is 5.91 Å². The zero-order chi connectivity index (χ0) is 24.1. The van der Waals surface area contributed by atoms with Gasteiger partial charge < -0.3 is 23.9 Å². The zero-order valence-electron chi connectivity index (χ0n) is 20.5. The number of furan rings is 1. The third kappa shape index (κ3) is 5.16. The van der Waals surface area contributed by atoms with Crippen LogP contribution in [0.5, 0.6) is 17.2 Å². The van der Waals surface area contributed by atoms with E-state index in [2.05, 4.69) is 19.2 Å². The van der Waals surface area contributed by atoms with Crippen LogP contribution in [0, 0.1) is 12.8 Å². The molecule has 0 aliphatic carbocycles. The quantitative estimate of drug-likeness (QED) is 0.404. The van der Waals surface area contributed by atoms with Crippen LogP contribution in [0.4, 0.5) is 0 Å². The van der Waals surface area contributed by atoms with Gasteiger partial charge in [-0.25, -0.2) is 0 Å². The van der Waals surface area contributed by atoms with Gasteiger partial charge in [0.25, 0.3) is 0 Å². The summed E-state index contributed by atoms with van der Waals surface area (Å²) < 4.78 is 23.0. The number of rotatable bonds is 9. The van der Waals surface area contributed by atoms with Crippen LogP contribution < -0.4 is 19.5 Å². The molecular weight excluding hydrogens is 418 g/mol. The molecule has 0 radical (unpaired) electrons. The standard InChI is InChI=1S/C27H33NO5/c1-8-32-26-18(5)27-22(13-20(26)17(4)11-25(29)28-14-16(2)3)23(15-33-27)21-12-19(30-6)9-10-24(21)31-7/h9-13,15-16H,8,14H2,1-7H3,(H,28,29)/b17-11+. The van der Waals surface area contributed by atoms with Crippen molar-refractivity contribution in [1.82, 2.24) is 5.32 Å². The van der Waals surface area contributed by atoms with Crippen LogP contribution in [0.15, 0.2) is 41.0 Å². The van der Waals surface area contributed by atoms with Crippen LogP contribution in [-0.2, 0) is 4.79 Å². The number of aryl methyl sites for hydroxylation is 1. The normalized spacial score (nSPS) is 11.7. The van der Waals surface area contributed by atoms with Gasteiger partial charge in [-0.3, -0.25) is 4.79 Å². The summed E-state index contributed by atoms with van der Waals surface area (Å²) >= 11 is 0. The highest BCUT2D eigenvalue weighted by molar-refractivity contribution is 6.02. The fourth-order valence-corrected chi connectivity index (χ4v) is 3.80. The number of methoxy groups -OCH3 is 2. The Bertz CT molecular complexity index is 1170. The third-order valence-electron chi connectivity index (χ3n) is 5.49. The number of nitrogens with one attached hydrogen (secondary N) is 1. The lowest BCUT2D eigenvalue weighted by Gasteiger charge is -2.15. The topological polar surface area (TPSA) is 69.9 Å². The van der Waals surface area contributed by atoms with Gasteiger partial charge in [0.1, 0.15) is 22.8 Å². The van der Waals surface area contributed by atoms with E-state index in [1.54, 1.807) is 26.6 Å². The molecule has 3 aromatic rings. The van der Waals surface area contributed by atoms with Crippen molar-refractivity contribution in [2.45, 2.75) is 34.6 Å². The molecule has 3 rings (SSSR count). The number of amides is 1. The maximum absolute atomic E-state index is 12.5. The number of benzene rings is 2. The Kier molecular flexibility index (Phi) is 7.69. The van der Waals surface area contributed by atoms with Gasteiger partial charge in [0, 0.05) is 40.3 Å². The van der Waals surface area contributed by atoms with E-state index in [0.717, 1.165) is 44.5 Å². The summed E-state index contributed by atoms with van der Waals surface area (Å²) in [6.07, 6.45) is 3.35. The van der Waals surface area contributed by atoms with E-state index in [0.29, 0.717) is 30.6 Å². The van der Waals surface area contributed by atoms with Gasteiger partial charge in [0.05, 0.1) is 27.1 Å². The lowest BCUT2D eigenvalue weighted by atomic mass is 9.96. The molecule has 2 aromatic carbocycles. The first-order chi connectivity index (χ1) is 15.8. The Hall–Kier alpha value is -3.41. The SMILES string of the molecule is CCOc1c(/C(C)=C/C(=O)NCC(C)C)cc2c(-c3cc(OC)ccc3OC)coc2c1C. The molecule has 0 aliphatic heterocycles. The number of fused-ring (bicyclic) bond motifs is 1. The molecule has 1 heterocycles. The molecule has 0 atom stereocenters. The summed E-state index contributed by atoms with van der Waals surface area (Å²) in [5, 5.41) is 3.85. The Morgan fingerprint density at radius 2 is 1.91 bits per heavy atom. The second-order valence-electron chi connectivity index (χ2n) is 8.37. The molecular formula is C27H33NO5. The molecule has 0 saturated carbocycles. The van der Waals surface area contributed by atoms with E-state index < -0.39 is 0 Å². The highest BCUT2D eigenvalue weighted by Crippen LogP contribution is 2.43. The number of carbonyl (C=O) groups excluding carboxylic acids is 1. The minimum Gasteiger partial charge on any atom is -0.497 e. The van der Waals surface area contributed by atoms with E-state index in [4.69, 9.17) is 18.6 Å². The first-order valence-corrected chi connectivity index (χ1v) is 11.2. The predicted molar refractivity (Wildman–Crippen MR) is 132 cm³/mol. The predicted octanol–water partition coefficient (Wildman–Crippen LogP) is 6.00. The van der Waals surface area contributed by atoms with Crippen molar-refractivity contribution >= 4 is 22.4 Å². The highest BCUT2D eigenvalue weighted by atomic mass is 16.5. The van der Waals surface area contributed by atoms with Crippen LogP contribution >= 0.6 is 0 Å². The number of carbonyl (C=O) groups is 1. The molecule has 33 heavy (non-hydrogen) atoms. The van der Waals surface area contributed by atoms with Crippen LogP contribution in [-0.4, -0.2) is 33.3 Å². The van der Waals surface area contributed by atoms with E-state index in [1.807, 2.05) is 45.0 Å². The summed E-state index contributed by atoms with van der Waals surface area (Å²) in [5.41, 5.74) is 5.03. The van der Waals surface area contributed by atoms with Crippen molar-refractivity contribution in [3.8, 4) is 28.4 Å². The Balaban J connectivity index is 2.19. The Morgan fingerprint density at radius 1 is 1.15 bits per heavy atom. The molecule has 0 fully saturated rings. The van der Waals surface area contributed by atoms with Crippen LogP contribution in [0.3, 0.4) is 0 Å². The number of allylic oxidation sites excluding steroid dienone is 1. The summed E-state index contributed by atoms with van der Waals surface area (Å²) in [6, 6.07) is 7.68. The molecule has 6 nitrogen and oxygen atoms in total. The third-order valence-corrected chi connectivity index (χ3v) is 5.49. The average molecular weight is 452 g/mol. The molecule has 1 aromatic heterocycles. The molecule has 176 valence electrons. The second-order valence-corrected chi connectivity index (χ2v) is 8.37. The maximum Gasteiger partial charge on any atom is 0.244 e. The van der Waals surface area contributed by atoms with Gasteiger partial charge in [-0.15, -0.1) is 0 Å². The smallest absolute Gasteiger partial charge is 0.244 e. The molecule has 6 heteroatoms. The molecule has 0 spiro atoms. The van der Waals surface area contributed by atoms with Gasteiger partial charge in [-0.05, 0) is 56.5 Å². The molecule has 1 N–H and O–H groups in total. The monoisotopic (exact) mass is 451 g/mol. The van der Waals surface area contributed by atoms with Crippen molar-refractivity contribution in [1.29, 1.82) is 0 Å². The first kappa shape index (κ1) is 24.2. The van der Waals surface area contributed by atoms with E-state index in [-0.39, 0.29) is 5.91 Å². The van der Waals surface area contributed by atoms with Gasteiger partial charge in [0.15, 0.2) is 0 Å².